The molecule has 0 aliphatic carbocycles. The molecule has 0 aliphatic rings. The molecule has 120 valence electrons. The standard InChI is InChI=1S/C16H22BrN3O2/c1-3-22-16-13(14(17)5-6-15(16)21-2)11-18-7-4-9-20-10-8-19-12-20/h5-6,8,10,12,18H,3-4,7,9,11H2,1-2H3. The van der Waals surface area contributed by atoms with Gasteiger partial charge in [0.2, 0.25) is 0 Å². The minimum atomic E-state index is 0.612. The Bertz CT molecular complexity index is 573. The minimum absolute atomic E-state index is 0.612. The molecule has 0 saturated carbocycles. The van der Waals surface area contributed by atoms with Crippen molar-refractivity contribution in [2.45, 2.75) is 26.4 Å². The monoisotopic (exact) mass is 367 g/mol. The Kier molecular flexibility index (Phi) is 6.74. The number of methoxy groups -OCH3 is 1. The second kappa shape index (κ2) is 8.80. The summed E-state index contributed by atoms with van der Waals surface area (Å²) < 4.78 is 14.2. The molecule has 0 saturated heterocycles. The molecule has 2 rings (SSSR count). The first-order valence-corrected chi connectivity index (χ1v) is 8.20. The van der Waals surface area contributed by atoms with Gasteiger partial charge in [-0.2, -0.15) is 0 Å². The molecule has 0 atom stereocenters. The van der Waals surface area contributed by atoms with Gasteiger partial charge in [-0.25, -0.2) is 4.98 Å². The van der Waals surface area contributed by atoms with E-state index in [1.165, 1.54) is 0 Å². The van der Waals surface area contributed by atoms with Crippen molar-refractivity contribution in [3.8, 4) is 11.5 Å². The lowest BCUT2D eigenvalue weighted by Gasteiger charge is -2.16. The lowest BCUT2D eigenvalue weighted by Crippen LogP contribution is -2.17. The Hall–Kier alpha value is -1.53. The molecule has 0 amide bonds. The third kappa shape index (κ3) is 4.48. The van der Waals surface area contributed by atoms with E-state index >= 15 is 0 Å². The highest BCUT2D eigenvalue weighted by molar-refractivity contribution is 9.10. The number of hydrogen-bond acceptors (Lipinski definition) is 4. The molecule has 0 radical (unpaired) electrons. The van der Waals surface area contributed by atoms with Gasteiger partial charge in [0.25, 0.3) is 0 Å². The van der Waals surface area contributed by atoms with Crippen molar-refractivity contribution in [1.29, 1.82) is 0 Å². The van der Waals surface area contributed by atoms with Crippen molar-refractivity contribution in [3.05, 3.63) is 40.9 Å². The smallest absolute Gasteiger partial charge is 0.166 e. The maximum atomic E-state index is 5.75. The molecule has 6 heteroatoms. The molecule has 0 unspecified atom stereocenters. The molecule has 22 heavy (non-hydrogen) atoms. The number of nitrogens with zero attached hydrogens (tertiary/aromatic N) is 2. The number of ether oxygens (including phenoxy) is 2. The first-order chi connectivity index (χ1) is 10.8. The van der Waals surface area contributed by atoms with Crippen LogP contribution in [0, 0.1) is 0 Å². The fourth-order valence-electron chi connectivity index (χ4n) is 2.23. The van der Waals surface area contributed by atoms with Crippen LogP contribution in [-0.4, -0.2) is 29.8 Å². The van der Waals surface area contributed by atoms with Crippen LogP contribution in [0.15, 0.2) is 35.3 Å². The SMILES string of the molecule is CCOc1c(OC)ccc(Br)c1CNCCCn1ccnc1. The zero-order valence-electron chi connectivity index (χ0n) is 13.0. The van der Waals surface area contributed by atoms with Crippen LogP contribution in [0.4, 0.5) is 0 Å². The number of halogens is 1. The van der Waals surface area contributed by atoms with Gasteiger partial charge in [0.1, 0.15) is 0 Å². The number of imidazole rings is 1. The van der Waals surface area contributed by atoms with Gasteiger partial charge in [-0.15, -0.1) is 0 Å². The zero-order chi connectivity index (χ0) is 15.8. The number of nitrogens with one attached hydrogen (secondary N) is 1. The molecule has 0 fully saturated rings. The van der Waals surface area contributed by atoms with Crippen molar-refractivity contribution >= 4 is 15.9 Å². The minimum Gasteiger partial charge on any atom is -0.493 e. The molecule has 1 heterocycles. The summed E-state index contributed by atoms with van der Waals surface area (Å²) in [6, 6.07) is 3.90. The molecule has 0 aliphatic heterocycles. The van der Waals surface area contributed by atoms with Gasteiger partial charge in [-0.1, -0.05) is 15.9 Å². The van der Waals surface area contributed by atoms with E-state index < -0.39 is 0 Å². The lowest BCUT2D eigenvalue weighted by molar-refractivity contribution is 0.306. The third-order valence-electron chi connectivity index (χ3n) is 3.31. The predicted molar refractivity (Wildman–Crippen MR) is 90.4 cm³/mol. The van der Waals surface area contributed by atoms with Crippen LogP contribution in [0.3, 0.4) is 0 Å². The summed E-state index contributed by atoms with van der Waals surface area (Å²) in [6.45, 7) is 5.21. The number of aromatic nitrogens is 2. The largest absolute Gasteiger partial charge is 0.493 e. The number of hydrogen-bond donors (Lipinski definition) is 1. The molecule has 1 aromatic carbocycles. The Morgan fingerprint density at radius 2 is 2.23 bits per heavy atom. The number of rotatable bonds is 9. The van der Waals surface area contributed by atoms with Gasteiger partial charge in [-0.05, 0) is 32.0 Å². The van der Waals surface area contributed by atoms with Crippen LogP contribution in [-0.2, 0) is 13.1 Å². The Labute approximate surface area is 139 Å². The quantitative estimate of drug-likeness (QED) is 0.691. The van der Waals surface area contributed by atoms with E-state index in [0.29, 0.717) is 6.61 Å². The van der Waals surface area contributed by atoms with Gasteiger partial charge >= 0.3 is 0 Å². The van der Waals surface area contributed by atoms with Gasteiger partial charge in [0.15, 0.2) is 11.5 Å². The van der Waals surface area contributed by atoms with Crippen molar-refractivity contribution in [1.82, 2.24) is 14.9 Å². The van der Waals surface area contributed by atoms with E-state index in [0.717, 1.165) is 47.6 Å². The molecule has 2 aromatic rings. The van der Waals surface area contributed by atoms with Crippen molar-refractivity contribution in [2.75, 3.05) is 20.3 Å². The zero-order valence-corrected chi connectivity index (χ0v) is 14.6. The summed E-state index contributed by atoms with van der Waals surface area (Å²) in [5.41, 5.74) is 1.09. The fourth-order valence-corrected chi connectivity index (χ4v) is 2.68. The normalized spacial score (nSPS) is 10.7. The van der Waals surface area contributed by atoms with Crippen LogP contribution >= 0.6 is 15.9 Å². The van der Waals surface area contributed by atoms with Crippen molar-refractivity contribution < 1.29 is 9.47 Å². The summed E-state index contributed by atoms with van der Waals surface area (Å²) in [6.07, 6.45) is 6.66. The summed E-state index contributed by atoms with van der Waals surface area (Å²) in [5.74, 6) is 1.57. The molecule has 0 spiro atoms. The van der Waals surface area contributed by atoms with E-state index in [9.17, 15) is 0 Å². The van der Waals surface area contributed by atoms with E-state index in [4.69, 9.17) is 9.47 Å². The number of benzene rings is 1. The lowest BCUT2D eigenvalue weighted by atomic mass is 10.2. The Balaban J connectivity index is 1.90. The van der Waals surface area contributed by atoms with Crippen LogP contribution in [0.1, 0.15) is 18.9 Å². The number of aryl methyl sites for hydroxylation is 1. The van der Waals surface area contributed by atoms with Crippen LogP contribution in [0.25, 0.3) is 0 Å². The van der Waals surface area contributed by atoms with Gasteiger partial charge < -0.3 is 19.4 Å². The van der Waals surface area contributed by atoms with Crippen LogP contribution in [0.2, 0.25) is 0 Å². The summed E-state index contributed by atoms with van der Waals surface area (Å²) in [7, 11) is 1.66. The van der Waals surface area contributed by atoms with Crippen molar-refractivity contribution in [2.24, 2.45) is 0 Å². The Morgan fingerprint density at radius 3 is 2.91 bits per heavy atom. The van der Waals surface area contributed by atoms with Gasteiger partial charge in [-0.3, -0.25) is 0 Å². The van der Waals surface area contributed by atoms with Crippen molar-refractivity contribution in [3.63, 3.8) is 0 Å². The van der Waals surface area contributed by atoms with E-state index in [-0.39, 0.29) is 0 Å². The molecule has 1 N–H and O–H groups in total. The first kappa shape index (κ1) is 16.8. The topological polar surface area (TPSA) is 48.3 Å². The fraction of sp³-hybridized carbons (Fsp3) is 0.438. The predicted octanol–water partition coefficient (Wildman–Crippen LogP) is 3.23. The van der Waals surface area contributed by atoms with E-state index in [2.05, 4.69) is 30.8 Å². The summed E-state index contributed by atoms with van der Waals surface area (Å²) in [4.78, 5) is 4.04. The summed E-state index contributed by atoms with van der Waals surface area (Å²) >= 11 is 3.59. The van der Waals surface area contributed by atoms with Crippen LogP contribution < -0.4 is 14.8 Å². The van der Waals surface area contributed by atoms with E-state index in [1.54, 1.807) is 13.3 Å². The van der Waals surface area contributed by atoms with E-state index in [1.807, 2.05) is 31.6 Å². The molecule has 5 nitrogen and oxygen atoms in total. The second-order valence-corrected chi connectivity index (χ2v) is 5.68. The highest BCUT2D eigenvalue weighted by Crippen LogP contribution is 2.36. The maximum Gasteiger partial charge on any atom is 0.166 e. The maximum absolute atomic E-state index is 5.75. The van der Waals surface area contributed by atoms with Gasteiger partial charge in [0.05, 0.1) is 20.0 Å². The molecular weight excluding hydrogens is 346 g/mol. The Morgan fingerprint density at radius 1 is 1.36 bits per heavy atom. The average Bonchev–Trinajstić information content (AvgIpc) is 3.03. The van der Waals surface area contributed by atoms with Gasteiger partial charge in [0, 0.05) is 35.5 Å². The highest BCUT2D eigenvalue weighted by Gasteiger charge is 2.13. The molecular formula is C16H22BrN3O2. The highest BCUT2D eigenvalue weighted by atomic mass is 79.9. The molecule has 1 aromatic heterocycles. The van der Waals surface area contributed by atoms with Crippen LogP contribution in [0.5, 0.6) is 11.5 Å². The average molecular weight is 368 g/mol. The first-order valence-electron chi connectivity index (χ1n) is 7.40. The third-order valence-corrected chi connectivity index (χ3v) is 4.05. The second-order valence-electron chi connectivity index (χ2n) is 4.82. The summed E-state index contributed by atoms with van der Waals surface area (Å²) in [5, 5.41) is 3.46. The molecule has 0 bridgehead atoms.